The standard InChI is InChI=1S/C35H27N3/c1-24-14-19-34-31(22-24)30-12-5-6-13-33(30)38(34)35-36-21-20-32(37-35)29-11-7-10-28(23-29)27-17-15-26(16-18-27)25-8-3-2-4-9-25/h2-21,23-24H,22H2,1H3. The van der Waals surface area contributed by atoms with Crippen LogP contribution in [0.1, 0.15) is 18.2 Å². The van der Waals surface area contributed by atoms with E-state index in [4.69, 9.17) is 9.97 Å². The second-order valence-corrected chi connectivity index (χ2v) is 10.0. The van der Waals surface area contributed by atoms with Crippen LogP contribution in [0.5, 0.6) is 0 Å². The Bertz CT molecular complexity index is 1790. The Labute approximate surface area is 222 Å². The van der Waals surface area contributed by atoms with Gasteiger partial charge in [0.1, 0.15) is 0 Å². The van der Waals surface area contributed by atoms with E-state index in [9.17, 15) is 0 Å². The van der Waals surface area contributed by atoms with E-state index < -0.39 is 0 Å². The molecule has 0 bridgehead atoms. The monoisotopic (exact) mass is 489 g/mol. The summed E-state index contributed by atoms with van der Waals surface area (Å²) < 4.78 is 2.21. The lowest BCUT2D eigenvalue weighted by Gasteiger charge is -2.15. The molecule has 0 aliphatic heterocycles. The fraction of sp³-hybridized carbons (Fsp3) is 0.0857. The lowest BCUT2D eigenvalue weighted by atomic mass is 9.93. The first kappa shape index (κ1) is 22.4. The third-order valence-electron chi connectivity index (χ3n) is 7.46. The second kappa shape index (κ2) is 9.28. The van der Waals surface area contributed by atoms with Crippen LogP contribution < -0.4 is 0 Å². The summed E-state index contributed by atoms with van der Waals surface area (Å²) in [5.74, 6) is 1.23. The molecule has 7 rings (SSSR count). The van der Waals surface area contributed by atoms with E-state index in [-0.39, 0.29) is 0 Å². The summed E-state index contributed by atoms with van der Waals surface area (Å²) in [4.78, 5) is 9.79. The molecule has 3 heteroatoms. The highest BCUT2D eigenvalue weighted by Crippen LogP contribution is 2.35. The Balaban J connectivity index is 1.27. The van der Waals surface area contributed by atoms with E-state index in [1.165, 1.54) is 38.9 Å². The van der Waals surface area contributed by atoms with Crippen LogP contribution in [0.15, 0.2) is 121 Å². The molecular formula is C35H27N3. The van der Waals surface area contributed by atoms with Gasteiger partial charge in [0.25, 0.3) is 0 Å². The van der Waals surface area contributed by atoms with Gasteiger partial charge in [-0.25, -0.2) is 9.97 Å². The quantitative estimate of drug-likeness (QED) is 0.248. The molecule has 38 heavy (non-hydrogen) atoms. The summed E-state index contributed by atoms with van der Waals surface area (Å²) in [6.45, 7) is 2.27. The van der Waals surface area contributed by atoms with E-state index in [0.717, 1.165) is 23.2 Å². The first-order chi connectivity index (χ1) is 18.7. The third kappa shape index (κ3) is 3.93. The number of aromatic nitrogens is 3. The van der Waals surface area contributed by atoms with Crippen molar-refractivity contribution < 1.29 is 0 Å². The van der Waals surface area contributed by atoms with Gasteiger partial charge in [0.2, 0.25) is 5.95 Å². The smallest absolute Gasteiger partial charge is 0.235 e. The van der Waals surface area contributed by atoms with E-state index in [2.05, 4.69) is 121 Å². The molecule has 1 aliphatic carbocycles. The van der Waals surface area contributed by atoms with Crippen LogP contribution in [0, 0.1) is 5.92 Å². The van der Waals surface area contributed by atoms with Crippen molar-refractivity contribution in [1.29, 1.82) is 0 Å². The molecule has 182 valence electrons. The summed E-state index contributed by atoms with van der Waals surface area (Å²) in [7, 11) is 0. The summed E-state index contributed by atoms with van der Waals surface area (Å²) >= 11 is 0. The molecule has 4 aromatic carbocycles. The molecule has 0 saturated carbocycles. The Morgan fingerprint density at radius 2 is 1.37 bits per heavy atom. The molecule has 6 aromatic rings. The predicted octanol–water partition coefficient (Wildman–Crippen LogP) is 8.63. The Kier molecular flexibility index (Phi) is 5.48. The highest BCUT2D eigenvalue weighted by Gasteiger charge is 2.22. The zero-order chi connectivity index (χ0) is 25.5. The lowest BCUT2D eigenvalue weighted by molar-refractivity contribution is 0.716. The van der Waals surface area contributed by atoms with Gasteiger partial charge in [-0.2, -0.15) is 0 Å². The number of hydrogen-bond acceptors (Lipinski definition) is 2. The summed E-state index contributed by atoms with van der Waals surface area (Å²) in [6, 6.07) is 38.4. The van der Waals surface area contributed by atoms with Gasteiger partial charge < -0.3 is 0 Å². The van der Waals surface area contributed by atoms with Gasteiger partial charge in [-0.1, -0.05) is 104 Å². The molecule has 0 amide bonds. The minimum absolute atomic E-state index is 0.526. The van der Waals surface area contributed by atoms with E-state index in [1.807, 2.05) is 18.3 Å². The van der Waals surface area contributed by atoms with Crippen molar-refractivity contribution in [3.05, 3.63) is 133 Å². The highest BCUT2D eigenvalue weighted by molar-refractivity contribution is 5.90. The molecule has 1 unspecified atom stereocenters. The summed E-state index contributed by atoms with van der Waals surface area (Å²) in [5, 5.41) is 1.29. The summed E-state index contributed by atoms with van der Waals surface area (Å²) in [5.41, 5.74) is 10.5. The van der Waals surface area contributed by atoms with Crippen molar-refractivity contribution >= 4 is 17.0 Å². The average molecular weight is 490 g/mol. The molecule has 0 saturated heterocycles. The van der Waals surface area contributed by atoms with Crippen LogP contribution in [0.3, 0.4) is 0 Å². The van der Waals surface area contributed by atoms with Gasteiger partial charge in [0.05, 0.1) is 16.9 Å². The molecule has 2 heterocycles. The Morgan fingerprint density at radius 1 is 0.684 bits per heavy atom. The van der Waals surface area contributed by atoms with Gasteiger partial charge in [-0.3, -0.25) is 4.57 Å². The number of nitrogens with zero attached hydrogens (tertiary/aromatic N) is 3. The van der Waals surface area contributed by atoms with Gasteiger partial charge in [-0.05, 0) is 64.4 Å². The zero-order valence-corrected chi connectivity index (χ0v) is 21.3. The molecule has 0 fully saturated rings. The van der Waals surface area contributed by atoms with Crippen LogP contribution in [0.2, 0.25) is 0 Å². The topological polar surface area (TPSA) is 30.7 Å². The number of benzene rings is 4. The first-order valence-electron chi connectivity index (χ1n) is 13.1. The normalized spacial score (nSPS) is 14.5. The van der Waals surface area contributed by atoms with Gasteiger partial charge >= 0.3 is 0 Å². The zero-order valence-electron chi connectivity index (χ0n) is 21.3. The van der Waals surface area contributed by atoms with Crippen LogP contribution in [0.4, 0.5) is 0 Å². The highest BCUT2D eigenvalue weighted by atomic mass is 15.2. The van der Waals surface area contributed by atoms with E-state index >= 15 is 0 Å². The Morgan fingerprint density at radius 3 is 2.21 bits per heavy atom. The molecule has 1 atom stereocenters. The number of para-hydroxylation sites is 1. The molecular weight excluding hydrogens is 462 g/mol. The van der Waals surface area contributed by atoms with Crippen molar-refractivity contribution in [3.8, 4) is 39.5 Å². The fourth-order valence-corrected chi connectivity index (χ4v) is 5.54. The van der Waals surface area contributed by atoms with Crippen LogP contribution in [0.25, 0.3) is 56.4 Å². The fourth-order valence-electron chi connectivity index (χ4n) is 5.54. The maximum Gasteiger partial charge on any atom is 0.235 e. The molecule has 1 aliphatic rings. The van der Waals surface area contributed by atoms with Crippen LogP contribution >= 0.6 is 0 Å². The number of hydrogen-bond donors (Lipinski definition) is 0. The largest absolute Gasteiger partial charge is 0.278 e. The van der Waals surface area contributed by atoms with Gasteiger partial charge in [0, 0.05) is 17.1 Å². The van der Waals surface area contributed by atoms with Gasteiger partial charge in [0.15, 0.2) is 0 Å². The predicted molar refractivity (Wildman–Crippen MR) is 157 cm³/mol. The second-order valence-electron chi connectivity index (χ2n) is 10.0. The molecule has 3 nitrogen and oxygen atoms in total. The molecule has 0 radical (unpaired) electrons. The van der Waals surface area contributed by atoms with Crippen molar-refractivity contribution in [2.24, 2.45) is 5.92 Å². The van der Waals surface area contributed by atoms with E-state index in [1.54, 1.807) is 0 Å². The van der Waals surface area contributed by atoms with Crippen LogP contribution in [-0.2, 0) is 6.42 Å². The number of allylic oxidation sites excluding steroid dienone is 1. The van der Waals surface area contributed by atoms with Crippen molar-refractivity contribution in [1.82, 2.24) is 14.5 Å². The van der Waals surface area contributed by atoms with Crippen molar-refractivity contribution in [3.63, 3.8) is 0 Å². The van der Waals surface area contributed by atoms with Gasteiger partial charge in [-0.15, -0.1) is 0 Å². The van der Waals surface area contributed by atoms with Crippen molar-refractivity contribution in [2.45, 2.75) is 13.3 Å². The number of fused-ring (bicyclic) bond motifs is 3. The van der Waals surface area contributed by atoms with E-state index in [0.29, 0.717) is 11.9 Å². The molecule has 2 aromatic heterocycles. The average Bonchev–Trinajstić information content (AvgIpc) is 3.31. The molecule has 0 N–H and O–H groups in total. The van der Waals surface area contributed by atoms with Crippen molar-refractivity contribution in [2.75, 3.05) is 0 Å². The maximum absolute atomic E-state index is 5.07. The Hall–Kier alpha value is -4.76. The minimum atomic E-state index is 0.526. The molecule has 0 spiro atoms. The number of rotatable bonds is 4. The third-order valence-corrected chi connectivity index (χ3v) is 7.46. The lowest BCUT2D eigenvalue weighted by Crippen LogP contribution is -2.08. The summed E-state index contributed by atoms with van der Waals surface area (Å²) in [6.07, 6.45) is 7.42. The maximum atomic E-state index is 5.07. The SMILES string of the molecule is CC1C=Cc2c(c3ccccc3n2-c2nccc(-c3cccc(-c4ccc(-c5ccccc5)cc4)c3)n2)C1. The van der Waals surface area contributed by atoms with Crippen LogP contribution in [-0.4, -0.2) is 14.5 Å². The minimum Gasteiger partial charge on any atom is -0.278 e. The first-order valence-corrected chi connectivity index (χ1v) is 13.1.